The highest BCUT2D eigenvalue weighted by molar-refractivity contribution is 5.82. The minimum Gasteiger partial charge on any atom is -0.392 e. The molecule has 0 aliphatic carbocycles. The molecule has 1 rings (SSSR count). The number of amides is 1. The maximum atomic E-state index is 11.7. The quantitative estimate of drug-likeness (QED) is 0.681. The molecule has 4 unspecified atom stereocenters. The van der Waals surface area contributed by atoms with Gasteiger partial charge in [0.25, 0.3) is 5.91 Å². The Labute approximate surface area is 88.6 Å². The number of β-amino-alcohol motifs (C(OH)–C–C–N with tert-alkyl or cyclic N) is 1. The molecule has 0 fully saturated rings. The summed E-state index contributed by atoms with van der Waals surface area (Å²) in [5.41, 5.74) is 0. The van der Waals surface area contributed by atoms with Crippen LogP contribution in [0.5, 0.6) is 0 Å². The first-order valence-electron chi connectivity index (χ1n) is 5.00. The van der Waals surface area contributed by atoms with Crippen molar-refractivity contribution in [3.63, 3.8) is 0 Å². The summed E-state index contributed by atoms with van der Waals surface area (Å²) in [4.78, 5) is 13.1. The maximum Gasteiger partial charge on any atom is 0.250 e. The molecule has 0 saturated carbocycles. The van der Waals surface area contributed by atoms with E-state index >= 15 is 0 Å². The van der Waals surface area contributed by atoms with Crippen molar-refractivity contribution < 1.29 is 15.0 Å². The SMILES string of the molecule is CC(O)CN1C(=O)C(C)N=NC1C(C)O. The molecule has 0 aromatic carbocycles. The number of carbonyl (C=O) groups is 1. The predicted molar refractivity (Wildman–Crippen MR) is 53.2 cm³/mol. The first kappa shape index (κ1) is 12.1. The molecule has 6 heteroatoms. The zero-order valence-corrected chi connectivity index (χ0v) is 9.16. The van der Waals surface area contributed by atoms with Crippen molar-refractivity contribution >= 4 is 5.91 Å². The Balaban J connectivity index is 2.85. The van der Waals surface area contributed by atoms with E-state index in [0.29, 0.717) is 0 Å². The van der Waals surface area contributed by atoms with Crippen molar-refractivity contribution in [1.82, 2.24) is 4.90 Å². The van der Waals surface area contributed by atoms with E-state index in [4.69, 9.17) is 0 Å². The van der Waals surface area contributed by atoms with Crippen LogP contribution in [-0.4, -0.2) is 52.0 Å². The first-order valence-corrected chi connectivity index (χ1v) is 5.00. The van der Waals surface area contributed by atoms with E-state index in [-0.39, 0.29) is 12.5 Å². The highest BCUT2D eigenvalue weighted by atomic mass is 16.3. The molecule has 6 nitrogen and oxygen atoms in total. The van der Waals surface area contributed by atoms with Crippen LogP contribution in [0.2, 0.25) is 0 Å². The third-order valence-electron chi connectivity index (χ3n) is 2.21. The summed E-state index contributed by atoms with van der Waals surface area (Å²) >= 11 is 0. The third kappa shape index (κ3) is 2.73. The highest BCUT2D eigenvalue weighted by Crippen LogP contribution is 2.17. The molecule has 0 aromatic rings. The lowest BCUT2D eigenvalue weighted by Gasteiger charge is -2.34. The van der Waals surface area contributed by atoms with Crippen LogP contribution >= 0.6 is 0 Å². The number of hydrogen-bond acceptors (Lipinski definition) is 5. The zero-order chi connectivity index (χ0) is 11.6. The van der Waals surface area contributed by atoms with Crippen molar-refractivity contribution in [2.24, 2.45) is 10.2 Å². The zero-order valence-electron chi connectivity index (χ0n) is 9.16. The smallest absolute Gasteiger partial charge is 0.250 e. The average Bonchev–Trinajstić information content (AvgIpc) is 2.12. The fourth-order valence-electron chi connectivity index (χ4n) is 1.49. The second-order valence-corrected chi connectivity index (χ2v) is 3.90. The summed E-state index contributed by atoms with van der Waals surface area (Å²) in [6.07, 6.45) is -2.11. The molecule has 1 aliphatic heterocycles. The summed E-state index contributed by atoms with van der Waals surface area (Å²) in [6.45, 7) is 4.93. The molecule has 4 atom stereocenters. The van der Waals surface area contributed by atoms with Crippen LogP contribution in [0.15, 0.2) is 10.2 Å². The number of nitrogens with zero attached hydrogens (tertiary/aromatic N) is 3. The van der Waals surface area contributed by atoms with Crippen LogP contribution in [0.25, 0.3) is 0 Å². The lowest BCUT2D eigenvalue weighted by Crippen LogP contribution is -2.52. The Bertz CT molecular complexity index is 265. The van der Waals surface area contributed by atoms with Gasteiger partial charge < -0.3 is 15.1 Å². The van der Waals surface area contributed by atoms with Crippen LogP contribution in [0.3, 0.4) is 0 Å². The molecule has 1 heterocycles. The summed E-state index contributed by atoms with van der Waals surface area (Å²) in [5.74, 6) is -0.211. The molecule has 0 saturated heterocycles. The topological polar surface area (TPSA) is 85.5 Å². The van der Waals surface area contributed by atoms with E-state index in [9.17, 15) is 15.0 Å². The van der Waals surface area contributed by atoms with Gasteiger partial charge in [-0.15, -0.1) is 0 Å². The highest BCUT2D eigenvalue weighted by Gasteiger charge is 2.34. The van der Waals surface area contributed by atoms with Crippen molar-refractivity contribution in [2.45, 2.75) is 45.2 Å². The first-order chi connectivity index (χ1) is 6.93. The Morgan fingerprint density at radius 1 is 1.40 bits per heavy atom. The normalized spacial score (nSPS) is 30.5. The fourth-order valence-corrected chi connectivity index (χ4v) is 1.49. The molecule has 0 aromatic heterocycles. The van der Waals surface area contributed by atoms with Gasteiger partial charge in [-0.05, 0) is 20.8 Å². The van der Waals surface area contributed by atoms with Crippen LogP contribution in [-0.2, 0) is 4.79 Å². The van der Waals surface area contributed by atoms with E-state index in [2.05, 4.69) is 10.2 Å². The second kappa shape index (κ2) is 4.67. The van der Waals surface area contributed by atoms with Gasteiger partial charge in [-0.3, -0.25) is 4.79 Å². The van der Waals surface area contributed by atoms with Crippen LogP contribution < -0.4 is 0 Å². The molecule has 0 radical (unpaired) electrons. The van der Waals surface area contributed by atoms with E-state index in [1.807, 2.05) is 0 Å². The van der Waals surface area contributed by atoms with E-state index in [1.54, 1.807) is 20.8 Å². The Kier molecular flexibility index (Phi) is 3.76. The molecule has 86 valence electrons. The van der Waals surface area contributed by atoms with Crippen LogP contribution in [0.4, 0.5) is 0 Å². The van der Waals surface area contributed by atoms with Gasteiger partial charge in [0.05, 0.1) is 12.2 Å². The molecule has 1 amide bonds. The molecule has 1 aliphatic rings. The van der Waals surface area contributed by atoms with Crippen LogP contribution in [0, 0.1) is 0 Å². The molecule has 0 bridgehead atoms. The van der Waals surface area contributed by atoms with E-state index < -0.39 is 24.4 Å². The van der Waals surface area contributed by atoms with Gasteiger partial charge in [-0.1, -0.05) is 0 Å². The van der Waals surface area contributed by atoms with E-state index in [0.717, 1.165) is 0 Å². The van der Waals surface area contributed by atoms with Gasteiger partial charge >= 0.3 is 0 Å². The molecular formula is C9H17N3O3. The summed E-state index contributed by atoms with van der Waals surface area (Å²) in [6, 6.07) is -0.529. The predicted octanol–water partition coefficient (Wildman–Crippen LogP) is -0.243. The average molecular weight is 215 g/mol. The largest absolute Gasteiger partial charge is 0.392 e. The molecule has 0 spiro atoms. The van der Waals surface area contributed by atoms with Gasteiger partial charge in [-0.2, -0.15) is 10.2 Å². The summed E-state index contributed by atoms with van der Waals surface area (Å²) < 4.78 is 0. The lowest BCUT2D eigenvalue weighted by molar-refractivity contribution is -0.141. The number of aliphatic hydroxyl groups excluding tert-OH is 2. The maximum absolute atomic E-state index is 11.7. The van der Waals surface area contributed by atoms with Gasteiger partial charge in [0, 0.05) is 6.54 Å². The Hall–Kier alpha value is -1.01. The minimum atomic E-state index is -0.788. The Morgan fingerprint density at radius 3 is 2.47 bits per heavy atom. The van der Waals surface area contributed by atoms with Crippen molar-refractivity contribution in [2.75, 3.05) is 6.54 Å². The van der Waals surface area contributed by atoms with Gasteiger partial charge in [-0.25, -0.2) is 0 Å². The van der Waals surface area contributed by atoms with Crippen molar-refractivity contribution in [3.05, 3.63) is 0 Å². The van der Waals surface area contributed by atoms with Gasteiger partial charge in [0.15, 0.2) is 6.17 Å². The molecular weight excluding hydrogens is 198 g/mol. The number of rotatable bonds is 3. The second-order valence-electron chi connectivity index (χ2n) is 3.90. The monoisotopic (exact) mass is 215 g/mol. The van der Waals surface area contributed by atoms with Gasteiger partial charge in [0.1, 0.15) is 6.04 Å². The number of hydrogen-bond donors (Lipinski definition) is 2. The number of aliphatic hydroxyl groups is 2. The number of carbonyl (C=O) groups excluding carboxylic acids is 1. The van der Waals surface area contributed by atoms with Gasteiger partial charge in [0.2, 0.25) is 0 Å². The van der Waals surface area contributed by atoms with E-state index in [1.165, 1.54) is 4.90 Å². The standard InChI is InChI=1S/C9H17N3O3/c1-5(13)4-12-8(7(3)14)11-10-6(2)9(12)15/h5-8,13-14H,4H2,1-3H3. The van der Waals surface area contributed by atoms with Crippen molar-refractivity contribution in [3.8, 4) is 0 Å². The summed E-state index contributed by atoms with van der Waals surface area (Å²) in [5, 5.41) is 26.3. The molecule has 15 heavy (non-hydrogen) atoms. The van der Waals surface area contributed by atoms with Crippen molar-refractivity contribution in [1.29, 1.82) is 0 Å². The summed E-state index contributed by atoms with van der Waals surface area (Å²) in [7, 11) is 0. The van der Waals surface area contributed by atoms with Crippen LogP contribution in [0.1, 0.15) is 20.8 Å². The Morgan fingerprint density at radius 2 is 2.00 bits per heavy atom. The lowest BCUT2D eigenvalue weighted by atomic mass is 10.2. The molecule has 2 N–H and O–H groups in total. The number of azo groups is 1. The third-order valence-corrected chi connectivity index (χ3v) is 2.21. The minimum absolute atomic E-state index is 0.164. The fraction of sp³-hybridized carbons (Fsp3) is 0.889.